The predicted octanol–water partition coefficient (Wildman–Crippen LogP) is 4.02. The number of carboxylic acids is 2. The van der Waals surface area contributed by atoms with Crippen molar-refractivity contribution in [1.29, 1.82) is 0 Å². The number of carbonyl (C=O) groups excluding carboxylic acids is 1. The Bertz CT molecular complexity index is 1280. The molecule has 2 heterocycles. The number of benzene rings is 2. The first-order chi connectivity index (χ1) is 18.2. The molecule has 0 radical (unpaired) electrons. The third kappa shape index (κ3) is 8.07. The van der Waals surface area contributed by atoms with Gasteiger partial charge in [0.1, 0.15) is 12.1 Å². The predicted molar refractivity (Wildman–Crippen MR) is 134 cm³/mol. The summed E-state index contributed by atoms with van der Waals surface area (Å²) in [6.45, 7) is 5.77. The fraction of sp³-hybridized carbons (Fsp3) is 0.296. The van der Waals surface area contributed by atoms with Crippen LogP contribution in [0.5, 0.6) is 0 Å². The maximum atomic E-state index is 14.6. The van der Waals surface area contributed by atoms with E-state index in [4.69, 9.17) is 14.7 Å². The molecule has 0 amide bonds. The van der Waals surface area contributed by atoms with Gasteiger partial charge in [-0.2, -0.15) is 4.98 Å². The Morgan fingerprint density at radius 2 is 1.84 bits per heavy atom. The molecule has 1 aromatic heterocycles. The molecule has 10 nitrogen and oxygen atoms in total. The van der Waals surface area contributed by atoms with Gasteiger partial charge in [-0.3, -0.25) is 14.5 Å². The summed E-state index contributed by atoms with van der Waals surface area (Å²) >= 11 is 0. The van der Waals surface area contributed by atoms with Gasteiger partial charge in [-0.05, 0) is 36.1 Å². The van der Waals surface area contributed by atoms with Gasteiger partial charge in [-0.25, -0.2) is 9.18 Å². The van der Waals surface area contributed by atoms with E-state index >= 15 is 0 Å². The number of rotatable bonds is 10. The fourth-order valence-electron chi connectivity index (χ4n) is 3.75. The molecule has 2 N–H and O–H groups in total. The molecule has 0 bridgehead atoms. The van der Waals surface area contributed by atoms with Crippen LogP contribution in [-0.4, -0.2) is 56.8 Å². The van der Waals surface area contributed by atoms with E-state index in [9.17, 15) is 18.8 Å². The molecule has 3 aromatic rings. The van der Waals surface area contributed by atoms with E-state index in [1.54, 1.807) is 12.1 Å². The zero-order valence-corrected chi connectivity index (χ0v) is 20.9. The minimum Gasteiger partial charge on any atom is -0.481 e. The summed E-state index contributed by atoms with van der Waals surface area (Å²) < 4.78 is 23.8. The van der Waals surface area contributed by atoms with Crippen LogP contribution >= 0.6 is 0 Å². The monoisotopic (exact) mass is 525 g/mol. The smallest absolute Gasteiger partial charge is 0.331 e. The number of nitrogens with zero attached hydrogens (tertiary/aromatic N) is 3. The van der Waals surface area contributed by atoms with Crippen LogP contribution in [0.3, 0.4) is 0 Å². The summed E-state index contributed by atoms with van der Waals surface area (Å²) in [5, 5.41) is 20.8. The molecular formula is C27H28FN3O7. The number of ether oxygens (including phenoxy) is 1. The topological polar surface area (TPSA) is 143 Å². The Morgan fingerprint density at radius 3 is 2.42 bits per heavy atom. The van der Waals surface area contributed by atoms with E-state index in [1.807, 2.05) is 17.0 Å². The molecule has 38 heavy (non-hydrogen) atoms. The van der Waals surface area contributed by atoms with Gasteiger partial charge >= 0.3 is 11.9 Å². The van der Waals surface area contributed by atoms with Gasteiger partial charge in [-0.1, -0.05) is 43.3 Å². The van der Waals surface area contributed by atoms with E-state index in [0.717, 1.165) is 18.2 Å². The number of halogens is 1. The van der Waals surface area contributed by atoms with E-state index in [1.165, 1.54) is 11.6 Å². The van der Waals surface area contributed by atoms with E-state index in [2.05, 4.69) is 40.9 Å². The first-order valence-corrected chi connectivity index (χ1v) is 11.8. The number of hydrogen-bond acceptors (Lipinski definition) is 8. The molecule has 0 unspecified atom stereocenters. The first-order valence-electron chi connectivity index (χ1n) is 11.8. The minimum absolute atomic E-state index is 0.138. The molecule has 1 saturated heterocycles. The van der Waals surface area contributed by atoms with Crippen molar-refractivity contribution in [2.75, 3.05) is 13.1 Å². The number of aromatic nitrogens is 2. The largest absolute Gasteiger partial charge is 0.481 e. The molecule has 1 aliphatic rings. The van der Waals surface area contributed by atoms with Gasteiger partial charge in [0.15, 0.2) is 0 Å². The van der Waals surface area contributed by atoms with Crippen LogP contribution in [0.25, 0.3) is 22.8 Å². The third-order valence-electron chi connectivity index (χ3n) is 5.63. The van der Waals surface area contributed by atoms with Crippen molar-refractivity contribution >= 4 is 18.4 Å². The number of carbonyl (C=O) groups is 3. The van der Waals surface area contributed by atoms with Crippen LogP contribution in [0.1, 0.15) is 25.0 Å². The Kier molecular flexibility index (Phi) is 9.83. The average Bonchev–Trinajstić information content (AvgIpc) is 3.32. The molecular weight excluding hydrogens is 497 g/mol. The molecule has 0 spiro atoms. The van der Waals surface area contributed by atoms with Crippen molar-refractivity contribution in [1.82, 2.24) is 15.0 Å². The summed E-state index contributed by atoms with van der Waals surface area (Å²) in [5.41, 5.74) is 3.13. The SMILES string of the molecule is CC(C)Cc1ccc(-c2nc(-c3ccc(CN4CC(C(=O)O)C4)c(F)c3)no2)cc1.O=CO/C=C\C(=O)O. The molecule has 4 rings (SSSR count). The quantitative estimate of drug-likeness (QED) is 0.226. The number of carboxylic acid groups (broad SMARTS) is 2. The minimum atomic E-state index is -1.15. The normalized spacial score (nSPS) is 13.6. The zero-order chi connectivity index (χ0) is 27.7. The van der Waals surface area contributed by atoms with E-state index in [0.29, 0.717) is 54.5 Å². The fourth-order valence-corrected chi connectivity index (χ4v) is 3.75. The summed E-state index contributed by atoms with van der Waals surface area (Å²) in [4.78, 5) is 36.1. The summed E-state index contributed by atoms with van der Waals surface area (Å²) in [6.07, 6.45) is 2.51. The highest BCUT2D eigenvalue weighted by Gasteiger charge is 2.32. The van der Waals surface area contributed by atoms with Crippen LogP contribution in [-0.2, 0) is 32.1 Å². The highest BCUT2D eigenvalue weighted by molar-refractivity contribution is 5.79. The van der Waals surface area contributed by atoms with Crippen LogP contribution in [0.2, 0.25) is 0 Å². The first kappa shape index (κ1) is 28.2. The van der Waals surface area contributed by atoms with Crippen molar-refractivity contribution in [3.8, 4) is 22.8 Å². The molecule has 1 fully saturated rings. The van der Waals surface area contributed by atoms with Crippen molar-refractivity contribution < 1.29 is 38.2 Å². The zero-order valence-electron chi connectivity index (χ0n) is 20.9. The van der Waals surface area contributed by atoms with E-state index in [-0.39, 0.29) is 18.2 Å². The number of aliphatic carboxylic acids is 2. The Hall–Kier alpha value is -4.38. The van der Waals surface area contributed by atoms with Gasteiger partial charge in [-0.15, -0.1) is 0 Å². The Balaban J connectivity index is 0.000000436. The summed E-state index contributed by atoms with van der Waals surface area (Å²) in [6, 6.07) is 12.9. The molecule has 11 heteroatoms. The molecule has 0 aliphatic carbocycles. The summed E-state index contributed by atoms with van der Waals surface area (Å²) in [5.74, 6) is -1.36. The second-order valence-electron chi connectivity index (χ2n) is 9.13. The third-order valence-corrected chi connectivity index (χ3v) is 5.63. The number of likely N-dealkylation sites (tertiary alicyclic amines) is 1. The van der Waals surface area contributed by atoms with Gasteiger partial charge < -0.3 is 19.5 Å². The second kappa shape index (κ2) is 13.2. The maximum Gasteiger partial charge on any atom is 0.331 e. The van der Waals surface area contributed by atoms with Crippen LogP contribution < -0.4 is 0 Å². The van der Waals surface area contributed by atoms with Crippen molar-refractivity contribution in [2.45, 2.75) is 26.8 Å². The van der Waals surface area contributed by atoms with Crippen molar-refractivity contribution in [2.24, 2.45) is 11.8 Å². The lowest BCUT2D eigenvalue weighted by atomic mass is 9.99. The maximum absolute atomic E-state index is 14.6. The highest BCUT2D eigenvalue weighted by atomic mass is 19.1. The molecule has 2 aromatic carbocycles. The molecule has 0 atom stereocenters. The Morgan fingerprint density at radius 1 is 1.16 bits per heavy atom. The lowest BCUT2D eigenvalue weighted by Crippen LogP contribution is -2.49. The van der Waals surface area contributed by atoms with Gasteiger partial charge in [0.2, 0.25) is 5.82 Å². The van der Waals surface area contributed by atoms with Crippen molar-refractivity contribution in [3.63, 3.8) is 0 Å². The molecule has 200 valence electrons. The molecule has 0 saturated carbocycles. The number of hydrogen-bond donors (Lipinski definition) is 2. The standard InChI is InChI=1S/C23H24FN3O3.C4H4O4/c1-14(2)9-15-3-5-16(6-4-15)22-25-21(26-30-22)17-7-8-18(20(24)10-17)11-27-12-19(13-27)23(28)29;5-3-8-2-1-4(6)7/h3-8,10,14,19H,9,11-13H2,1-2H3,(H,28,29);1-3H,(H,6,7)/b;2-1-. The average molecular weight is 526 g/mol. The van der Waals surface area contributed by atoms with Crippen LogP contribution in [0.15, 0.2) is 59.3 Å². The van der Waals surface area contributed by atoms with Crippen LogP contribution in [0.4, 0.5) is 4.39 Å². The Labute approximate surface area is 218 Å². The van der Waals surface area contributed by atoms with Crippen LogP contribution in [0, 0.1) is 17.7 Å². The van der Waals surface area contributed by atoms with Gasteiger partial charge in [0.05, 0.1) is 12.0 Å². The molecule has 1 aliphatic heterocycles. The van der Waals surface area contributed by atoms with E-state index < -0.39 is 11.9 Å². The van der Waals surface area contributed by atoms with Gasteiger partial charge in [0, 0.05) is 36.3 Å². The lowest BCUT2D eigenvalue weighted by molar-refractivity contribution is -0.147. The summed E-state index contributed by atoms with van der Waals surface area (Å²) in [7, 11) is 0. The highest BCUT2D eigenvalue weighted by Crippen LogP contribution is 2.26. The second-order valence-corrected chi connectivity index (χ2v) is 9.13. The lowest BCUT2D eigenvalue weighted by Gasteiger charge is -2.36. The van der Waals surface area contributed by atoms with Gasteiger partial charge in [0.25, 0.3) is 12.4 Å². The van der Waals surface area contributed by atoms with Crippen molar-refractivity contribution in [3.05, 3.63) is 71.7 Å².